The predicted octanol–water partition coefficient (Wildman–Crippen LogP) is 2.81. The molecule has 1 rings (SSSR count). The minimum absolute atomic E-state index is 0.295. The van der Waals surface area contributed by atoms with Gasteiger partial charge in [0.25, 0.3) is 0 Å². The van der Waals surface area contributed by atoms with Gasteiger partial charge in [-0.2, -0.15) is 5.26 Å². The van der Waals surface area contributed by atoms with Crippen LogP contribution in [0.1, 0.15) is 25.1 Å². The lowest BCUT2D eigenvalue weighted by Crippen LogP contribution is -2.25. The molecule has 6 heteroatoms. The number of nitrogens with zero attached hydrogens (tertiary/aromatic N) is 3. The van der Waals surface area contributed by atoms with Crippen LogP contribution in [0.25, 0.3) is 0 Å². The third-order valence-electron chi connectivity index (χ3n) is 2.51. The number of nitriles is 1. The van der Waals surface area contributed by atoms with Gasteiger partial charge in [-0.1, -0.05) is 36.8 Å². The van der Waals surface area contributed by atoms with Crippen LogP contribution in [0.4, 0.5) is 5.13 Å². The van der Waals surface area contributed by atoms with E-state index in [2.05, 4.69) is 29.0 Å². The Labute approximate surface area is 111 Å². The highest BCUT2D eigenvalue weighted by Gasteiger charge is 2.07. The molecular formula is C11H17ClN4S. The topological polar surface area (TPSA) is 52.0 Å². The summed E-state index contributed by atoms with van der Waals surface area (Å²) in [6.07, 6.45) is 1.06. The van der Waals surface area contributed by atoms with Crippen LogP contribution in [0.5, 0.6) is 0 Å². The number of halogens is 1. The van der Waals surface area contributed by atoms with Gasteiger partial charge in [0.2, 0.25) is 0 Å². The molecule has 1 heterocycles. The standard InChI is InChI=1S/C11H17ClN4S/c1-3-16(4-2)7-5-6-14-11-15-10(12)9(8-13)17-11/h3-7H2,1-2H3,(H,14,15). The summed E-state index contributed by atoms with van der Waals surface area (Å²) in [6.45, 7) is 8.42. The summed E-state index contributed by atoms with van der Waals surface area (Å²) in [5, 5.41) is 13.0. The Morgan fingerprint density at radius 3 is 2.71 bits per heavy atom. The molecule has 4 nitrogen and oxygen atoms in total. The quantitative estimate of drug-likeness (QED) is 0.776. The molecule has 1 N–H and O–H groups in total. The Kier molecular flexibility index (Phi) is 6.27. The van der Waals surface area contributed by atoms with Crippen molar-refractivity contribution in [1.29, 1.82) is 5.26 Å². The highest BCUT2D eigenvalue weighted by atomic mass is 35.5. The van der Waals surface area contributed by atoms with Gasteiger partial charge >= 0.3 is 0 Å². The SMILES string of the molecule is CCN(CC)CCCNc1nc(Cl)c(C#N)s1. The first-order valence-corrected chi connectivity index (χ1v) is 6.93. The van der Waals surface area contributed by atoms with E-state index >= 15 is 0 Å². The first kappa shape index (κ1) is 14.2. The van der Waals surface area contributed by atoms with E-state index < -0.39 is 0 Å². The van der Waals surface area contributed by atoms with Gasteiger partial charge in [-0.3, -0.25) is 0 Å². The first-order valence-electron chi connectivity index (χ1n) is 5.73. The van der Waals surface area contributed by atoms with Gasteiger partial charge < -0.3 is 10.2 Å². The molecule has 0 saturated carbocycles. The van der Waals surface area contributed by atoms with Crippen molar-refractivity contribution in [2.75, 3.05) is 31.5 Å². The van der Waals surface area contributed by atoms with Gasteiger partial charge in [-0.05, 0) is 26.1 Å². The molecule has 94 valence electrons. The molecule has 0 spiro atoms. The fourth-order valence-electron chi connectivity index (χ4n) is 1.48. The predicted molar refractivity (Wildman–Crippen MR) is 72.7 cm³/mol. The average molecular weight is 273 g/mol. The highest BCUT2D eigenvalue weighted by Crippen LogP contribution is 2.25. The van der Waals surface area contributed by atoms with Crippen molar-refractivity contribution in [1.82, 2.24) is 9.88 Å². The molecule has 0 amide bonds. The lowest BCUT2D eigenvalue weighted by atomic mass is 10.3. The second-order valence-electron chi connectivity index (χ2n) is 3.56. The third kappa shape index (κ3) is 4.50. The van der Waals surface area contributed by atoms with Crippen molar-refractivity contribution in [2.24, 2.45) is 0 Å². The van der Waals surface area contributed by atoms with Crippen LogP contribution >= 0.6 is 22.9 Å². The summed E-state index contributed by atoms with van der Waals surface area (Å²) in [5.41, 5.74) is 0. The van der Waals surface area contributed by atoms with Crippen molar-refractivity contribution in [3.63, 3.8) is 0 Å². The summed E-state index contributed by atoms with van der Waals surface area (Å²) in [7, 11) is 0. The fourth-order valence-corrected chi connectivity index (χ4v) is 2.46. The lowest BCUT2D eigenvalue weighted by molar-refractivity contribution is 0.303. The molecule has 0 fully saturated rings. The lowest BCUT2D eigenvalue weighted by Gasteiger charge is -2.17. The van der Waals surface area contributed by atoms with Crippen LogP contribution < -0.4 is 5.32 Å². The van der Waals surface area contributed by atoms with Crippen LogP contribution in [0, 0.1) is 11.3 Å². The smallest absolute Gasteiger partial charge is 0.185 e. The first-order chi connectivity index (χ1) is 8.21. The molecule has 1 aromatic rings. The molecule has 0 bridgehead atoms. The van der Waals surface area contributed by atoms with Gasteiger partial charge in [0.05, 0.1) is 0 Å². The second kappa shape index (κ2) is 7.49. The van der Waals surface area contributed by atoms with E-state index in [1.54, 1.807) is 0 Å². The van der Waals surface area contributed by atoms with Crippen molar-refractivity contribution < 1.29 is 0 Å². The molecular weight excluding hydrogens is 256 g/mol. The van der Waals surface area contributed by atoms with E-state index in [0.29, 0.717) is 10.0 Å². The van der Waals surface area contributed by atoms with Crippen LogP contribution in [0.3, 0.4) is 0 Å². The Morgan fingerprint density at radius 1 is 1.47 bits per heavy atom. The summed E-state index contributed by atoms with van der Waals surface area (Å²) in [4.78, 5) is 6.92. The molecule has 0 radical (unpaired) electrons. The zero-order valence-electron chi connectivity index (χ0n) is 10.2. The van der Waals surface area contributed by atoms with Crippen molar-refractivity contribution in [2.45, 2.75) is 20.3 Å². The van der Waals surface area contributed by atoms with Crippen molar-refractivity contribution >= 4 is 28.1 Å². The van der Waals surface area contributed by atoms with Crippen molar-refractivity contribution in [3.8, 4) is 6.07 Å². The maximum Gasteiger partial charge on any atom is 0.185 e. The summed E-state index contributed by atoms with van der Waals surface area (Å²) in [5.74, 6) is 0. The molecule has 0 aliphatic heterocycles. The maximum atomic E-state index is 8.74. The van der Waals surface area contributed by atoms with Crippen LogP contribution in [-0.2, 0) is 0 Å². The monoisotopic (exact) mass is 272 g/mol. The normalized spacial score (nSPS) is 10.5. The number of hydrogen-bond donors (Lipinski definition) is 1. The summed E-state index contributed by atoms with van der Waals surface area (Å²) >= 11 is 7.08. The fraction of sp³-hybridized carbons (Fsp3) is 0.636. The Balaban J connectivity index is 2.29. The van der Waals surface area contributed by atoms with E-state index in [1.807, 2.05) is 6.07 Å². The zero-order valence-corrected chi connectivity index (χ0v) is 11.7. The maximum absolute atomic E-state index is 8.74. The van der Waals surface area contributed by atoms with Gasteiger partial charge in [0.15, 0.2) is 10.3 Å². The van der Waals surface area contributed by atoms with E-state index in [0.717, 1.165) is 37.7 Å². The third-order valence-corrected chi connectivity index (χ3v) is 3.81. The zero-order chi connectivity index (χ0) is 12.7. The van der Waals surface area contributed by atoms with Gasteiger partial charge in [0.1, 0.15) is 10.9 Å². The number of rotatable bonds is 7. The van der Waals surface area contributed by atoms with Gasteiger partial charge in [0, 0.05) is 6.54 Å². The van der Waals surface area contributed by atoms with E-state index in [-0.39, 0.29) is 0 Å². The molecule has 0 aliphatic carbocycles. The molecule has 17 heavy (non-hydrogen) atoms. The van der Waals surface area contributed by atoms with Crippen LogP contribution in [0.15, 0.2) is 0 Å². The van der Waals surface area contributed by atoms with Gasteiger partial charge in [-0.15, -0.1) is 0 Å². The minimum atomic E-state index is 0.295. The molecule has 0 unspecified atom stereocenters. The largest absolute Gasteiger partial charge is 0.361 e. The summed E-state index contributed by atoms with van der Waals surface area (Å²) in [6, 6.07) is 2.02. The molecule has 0 atom stereocenters. The van der Waals surface area contributed by atoms with E-state index in [4.69, 9.17) is 16.9 Å². The molecule has 0 aromatic carbocycles. The van der Waals surface area contributed by atoms with Crippen LogP contribution in [-0.4, -0.2) is 36.1 Å². The Hall–Kier alpha value is -0.830. The van der Waals surface area contributed by atoms with Gasteiger partial charge in [-0.25, -0.2) is 4.98 Å². The molecule has 1 aromatic heterocycles. The number of anilines is 1. The summed E-state index contributed by atoms with van der Waals surface area (Å²) < 4.78 is 0. The minimum Gasteiger partial charge on any atom is -0.361 e. The molecule has 0 aliphatic rings. The highest BCUT2D eigenvalue weighted by molar-refractivity contribution is 7.16. The average Bonchev–Trinajstić information content (AvgIpc) is 2.70. The number of nitrogens with one attached hydrogen (secondary N) is 1. The number of thiazole rings is 1. The number of aromatic nitrogens is 1. The van der Waals surface area contributed by atoms with E-state index in [9.17, 15) is 0 Å². The van der Waals surface area contributed by atoms with Crippen molar-refractivity contribution in [3.05, 3.63) is 10.0 Å². The van der Waals surface area contributed by atoms with Crippen LogP contribution in [0.2, 0.25) is 5.15 Å². The Bertz CT molecular complexity index is 381. The second-order valence-corrected chi connectivity index (χ2v) is 4.92. The molecule has 0 saturated heterocycles. The number of hydrogen-bond acceptors (Lipinski definition) is 5. The Morgan fingerprint density at radius 2 is 2.18 bits per heavy atom. The van der Waals surface area contributed by atoms with E-state index in [1.165, 1.54) is 11.3 Å².